The molecule has 80 valence electrons. The largest absolute Gasteiger partial charge is 0.317 e. The first-order valence-corrected chi connectivity index (χ1v) is 5.07. The molecule has 0 aromatic rings. The Bertz CT molecular complexity index is 240. The fourth-order valence-corrected chi connectivity index (χ4v) is 1.55. The molecule has 1 aliphatic heterocycles. The molecule has 0 aromatic heterocycles. The van der Waals surface area contributed by atoms with Crippen LogP contribution in [0.15, 0.2) is 0 Å². The zero-order valence-corrected chi connectivity index (χ0v) is 9.04. The molecule has 1 aliphatic rings. The zero-order valence-electron chi connectivity index (χ0n) is 9.04. The van der Waals surface area contributed by atoms with E-state index in [1.54, 1.807) is 0 Å². The van der Waals surface area contributed by atoms with Crippen molar-refractivity contribution in [1.29, 1.82) is 0 Å². The Labute approximate surface area is 84.7 Å². The molecule has 1 fully saturated rings. The minimum atomic E-state index is -0.118. The maximum Gasteiger partial charge on any atom is 0.232 e. The van der Waals surface area contributed by atoms with Crippen LogP contribution in [0.3, 0.4) is 0 Å². The van der Waals surface area contributed by atoms with Gasteiger partial charge in [0.25, 0.3) is 0 Å². The summed E-state index contributed by atoms with van der Waals surface area (Å²) in [6, 6.07) is 0.339. The third-order valence-electron chi connectivity index (χ3n) is 2.75. The number of nitrogens with one attached hydrogen (secondary N) is 1. The fraction of sp³-hybridized carbons (Fsp3) is 0.800. The number of imide groups is 1. The highest BCUT2D eigenvalue weighted by Gasteiger charge is 2.34. The van der Waals surface area contributed by atoms with Gasteiger partial charge in [-0.1, -0.05) is 6.92 Å². The molecule has 4 nitrogen and oxygen atoms in total. The molecule has 0 bridgehead atoms. The second-order valence-electron chi connectivity index (χ2n) is 3.97. The molecule has 0 aliphatic carbocycles. The van der Waals surface area contributed by atoms with Crippen LogP contribution in [-0.2, 0) is 9.59 Å². The van der Waals surface area contributed by atoms with Crippen molar-refractivity contribution in [2.75, 3.05) is 13.6 Å². The maximum atomic E-state index is 11.5. The topological polar surface area (TPSA) is 49.4 Å². The first kappa shape index (κ1) is 11.2. The molecule has 1 saturated heterocycles. The van der Waals surface area contributed by atoms with Crippen LogP contribution in [0.5, 0.6) is 0 Å². The summed E-state index contributed by atoms with van der Waals surface area (Å²) < 4.78 is 0. The van der Waals surface area contributed by atoms with Gasteiger partial charge in [0.1, 0.15) is 0 Å². The van der Waals surface area contributed by atoms with E-state index in [0.717, 1.165) is 6.42 Å². The van der Waals surface area contributed by atoms with E-state index in [2.05, 4.69) is 5.32 Å². The van der Waals surface area contributed by atoms with E-state index in [1.807, 2.05) is 20.9 Å². The molecule has 2 atom stereocenters. The minimum Gasteiger partial charge on any atom is -0.317 e. The number of carbonyl (C=O) groups excluding carboxylic acids is 2. The van der Waals surface area contributed by atoms with Gasteiger partial charge in [0.05, 0.1) is 0 Å². The second kappa shape index (κ2) is 4.55. The summed E-state index contributed by atoms with van der Waals surface area (Å²) in [6.45, 7) is 4.39. The standard InChI is InChI=1S/C10H18N2O2/c1-7-6-9(13)12(10(7)14)5-4-8(2)11-3/h7-8,11H,4-6H2,1-3H3. The molecule has 0 aromatic carbocycles. The molecule has 4 heteroatoms. The third-order valence-corrected chi connectivity index (χ3v) is 2.75. The molecule has 2 unspecified atom stereocenters. The minimum absolute atomic E-state index is 0.0155. The lowest BCUT2D eigenvalue weighted by molar-refractivity contribution is -0.139. The van der Waals surface area contributed by atoms with Gasteiger partial charge in [-0.05, 0) is 20.4 Å². The molecule has 2 amide bonds. The van der Waals surface area contributed by atoms with Gasteiger partial charge in [-0.15, -0.1) is 0 Å². The number of amides is 2. The van der Waals surface area contributed by atoms with E-state index in [4.69, 9.17) is 0 Å². The van der Waals surface area contributed by atoms with Crippen molar-refractivity contribution >= 4 is 11.8 Å². The molecular weight excluding hydrogens is 180 g/mol. The Morgan fingerprint density at radius 2 is 2.21 bits per heavy atom. The number of carbonyl (C=O) groups is 2. The summed E-state index contributed by atoms with van der Waals surface area (Å²) in [6.07, 6.45) is 1.20. The van der Waals surface area contributed by atoms with Crippen LogP contribution in [0.25, 0.3) is 0 Å². The first-order valence-electron chi connectivity index (χ1n) is 5.07. The van der Waals surface area contributed by atoms with Crippen LogP contribution in [0.1, 0.15) is 26.7 Å². The van der Waals surface area contributed by atoms with Crippen molar-refractivity contribution in [3.63, 3.8) is 0 Å². The second-order valence-corrected chi connectivity index (χ2v) is 3.97. The van der Waals surface area contributed by atoms with Crippen molar-refractivity contribution < 1.29 is 9.59 Å². The summed E-state index contributed by atoms with van der Waals surface area (Å²) >= 11 is 0. The van der Waals surface area contributed by atoms with Crippen LogP contribution in [0, 0.1) is 5.92 Å². The molecule has 1 rings (SSSR count). The van der Waals surface area contributed by atoms with Crippen LogP contribution in [0.2, 0.25) is 0 Å². The van der Waals surface area contributed by atoms with Gasteiger partial charge < -0.3 is 5.32 Å². The fourth-order valence-electron chi connectivity index (χ4n) is 1.55. The highest BCUT2D eigenvalue weighted by Crippen LogP contribution is 2.18. The molecule has 0 radical (unpaired) electrons. The van der Waals surface area contributed by atoms with E-state index in [0.29, 0.717) is 19.0 Å². The van der Waals surface area contributed by atoms with E-state index in [-0.39, 0.29) is 17.7 Å². The summed E-state index contributed by atoms with van der Waals surface area (Å²) in [4.78, 5) is 24.3. The average Bonchev–Trinajstić information content (AvgIpc) is 2.39. The summed E-state index contributed by atoms with van der Waals surface area (Å²) in [5, 5.41) is 3.08. The lowest BCUT2D eigenvalue weighted by Crippen LogP contribution is -2.35. The van der Waals surface area contributed by atoms with Crippen molar-refractivity contribution in [2.24, 2.45) is 5.92 Å². The van der Waals surface area contributed by atoms with Gasteiger partial charge >= 0.3 is 0 Å². The lowest BCUT2D eigenvalue weighted by Gasteiger charge is -2.17. The molecule has 14 heavy (non-hydrogen) atoms. The first-order chi connectivity index (χ1) is 6.56. The number of hydrogen-bond acceptors (Lipinski definition) is 3. The highest BCUT2D eigenvalue weighted by atomic mass is 16.2. The lowest BCUT2D eigenvalue weighted by atomic mass is 10.1. The Morgan fingerprint density at radius 3 is 2.64 bits per heavy atom. The predicted octanol–water partition coefficient (Wildman–Crippen LogP) is 0.379. The predicted molar refractivity (Wildman–Crippen MR) is 53.6 cm³/mol. The van der Waals surface area contributed by atoms with Gasteiger partial charge in [-0.25, -0.2) is 0 Å². The summed E-state index contributed by atoms with van der Waals surface area (Å²) in [7, 11) is 1.88. The van der Waals surface area contributed by atoms with Crippen LogP contribution >= 0.6 is 0 Å². The highest BCUT2D eigenvalue weighted by molar-refractivity contribution is 6.03. The van der Waals surface area contributed by atoms with Crippen LogP contribution in [-0.4, -0.2) is 36.3 Å². The normalized spacial score (nSPS) is 24.5. The molecule has 0 saturated carbocycles. The number of likely N-dealkylation sites (tertiary alicyclic amines) is 1. The Kier molecular flexibility index (Phi) is 3.63. The number of hydrogen-bond donors (Lipinski definition) is 1. The summed E-state index contributed by atoms with van der Waals surface area (Å²) in [5.41, 5.74) is 0. The Morgan fingerprint density at radius 1 is 1.57 bits per heavy atom. The molecule has 0 spiro atoms. The van der Waals surface area contributed by atoms with Gasteiger partial charge in [0.2, 0.25) is 11.8 Å². The van der Waals surface area contributed by atoms with Gasteiger partial charge in [-0.3, -0.25) is 14.5 Å². The zero-order chi connectivity index (χ0) is 10.7. The quantitative estimate of drug-likeness (QED) is 0.664. The molecular formula is C10H18N2O2. The summed E-state index contributed by atoms with van der Waals surface area (Å²) in [5.74, 6) is -0.156. The Hall–Kier alpha value is -0.900. The third kappa shape index (κ3) is 2.32. The van der Waals surface area contributed by atoms with Crippen molar-refractivity contribution in [3.8, 4) is 0 Å². The molecule has 1 heterocycles. The van der Waals surface area contributed by atoms with E-state index >= 15 is 0 Å². The monoisotopic (exact) mass is 198 g/mol. The van der Waals surface area contributed by atoms with E-state index in [1.165, 1.54) is 4.90 Å². The van der Waals surface area contributed by atoms with Crippen LogP contribution < -0.4 is 5.32 Å². The number of nitrogens with zero attached hydrogens (tertiary/aromatic N) is 1. The van der Waals surface area contributed by atoms with Gasteiger partial charge in [0.15, 0.2) is 0 Å². The smallest absolute Gasteiger partial charge is 0.232 e. The van der Waals surface area contributed by atoms with E-state index < -0.39 is 0 Å². The van der Waals surface area contributed by atoms with Gasteiger partial charge in [-0.2, -0.15) is 0 Å². The average molecular weight is 198 g/mol. The Balaban J connectivity index is 2.44. The SMILES string of the molecule is CNC(C)CCN1C(=O)CC(C)C1=O. The van der Waals surface area contributed by atoms with Gasteiger partial charge in [0, 0.05) is 24.9 Å². The van der Waals surface area contributed by atoms with E-state index in [9.17, 15) is 9.59 Å². The van der Waals surface area contributed by atoms with Crippen molar-refractivity contribution in [3.05, 3.63) is 0 Å². The number of rotatable bonds is 4. The van der Waals surface area contributed by atoms with Crippen molar-refractivity contribution in [2.45, 2.75) is 32.7 Å². The molecule has 1 N–H and O–H groups in total. The van der Waals surface area contributed by atoms with Crippen molar-refractivity contribution in [1.82, 2.24) is 10.2 Å². The van der Waals surface area contributed by atoms with Crippen LogP contribution in [0.4, 0.5) is 0 Å². The maximum absolute atomic E-state index is 11.5.